The van der Waals surface area contributed by atoms with Crippen LogP contribution in [-0.2, 0) is 4.74 Å². The van der Waals surface area contributed by atoms with Gasteiger partial charge in [-0.2, -0.15) is 11.8 Å². The van der Waals surface area contributed by atoms with Gasteiger partial charge in [0.05, 0.1) is 6.61 Å². The third kappa shape index (κ3) is 3.88. The number of thiazole rings is 1. The van der Waals surface area contributed by atoms with Gasteiger partial charge in [-0.25, -0.2) is 9.78 Å². The van der Waals surface area contributed by atoms with E-state index in [0.29, 0.717) is 17.0 Å². The molecule has 0 bridgehead atoms. The van der Waals surface area contributed by atoms with Gasteiger partial charge in [0.1, 0.15) is 0 Å². The predicted molar refractivity (Wildman–Crippen MR) is 85.9 cm³/mol. The first-order valence-electron chi connectivity index (χ1n) is 7.11. The summed E-state index contributed by atoms with van der Waals surface area (Å²) in [6, 6.07) is 0. The summed E-state index contributed by atoms with van der Waals surface area (Å²) < 4.78 is 5.28. The van der Waals surface area contributed by atoms with Crippen molar-refractivity contribution in [3.63, 3.8) is 0 Å². The molecule has 2 rings (SSSR count). The van der Waals surface area contributed by atoms with Gasteiger partial charge in [0.2, 0.25) is 0 Å². The van der Waals surface area contributed by atoms with Gasteiger partial charge in [-0.1, -0.05) is 19.3 Å². The smallest absolute Gasteiger partial charge is 0.357 e. The van der Waals surface area contributed by atoms with E-state index in [1.165, 1.54) is 43.4 Å². The minimum Gasteiger partial charge on any atom is -0.461 e. The van der Waals surface area contributed by atoms with Crippen molar-refractivity contribution in [3.8, 4) is 0 Å². The molecule has 0 spiro atoms. The van der Waals surface area contributed by atoms with Gasteiger partial charge < -0.3 is 10.1 Å². The van der Waals surface area contributed by atoms with E-state index in [4.69, 9.17) is 4.74 Å². The lowest BCUT2D eigenvalue weighted by atomic mass is 9.88. The topological polar surface area (TPSA) is 51.2 Å². The van der Waals surface area contributed by atoms with Crippen LogP contribution in [-0.4, -0.2) is 35.1 Å². The number of carbonyl (C=O) groups excluding carboxylic acids is 1. The number of rotatable bonds is 6. The zero-order valence-corrected chi connectivity index (χ0v) is 13.7. The molecule has 0 atom stereocenters. The molecular formula is C14H22N2O2S2. The third-order valence-electron chi connectivity index (χ3n) is 3.75. The Morgan fingerprint density at radius 1 is 1.50 bits per heavy atom. The molecule has 0 saturated heterocycles. The Morgan fingerprint density at radius 3 is 2.90 bits per heavy atom. The van der Waals surface area contributed by atoms with Gasteiger partial charge in [-0.3, -0.25) is 0 Å². The first-order valence-corrected chi connectivity index (χ1v) is 9.21. The highest BCUT2D eigenvalue weighted by molar-refractivity contribution is 8.00. The average molecular weight is 314 g/mol. The standard InChI is InChI=1S/C14H22N2O2S2/c1-3-18-12(17)11-9-20-13(16-11)15-10-14(19-2)7-5-4-6-8-14/h9H,3-8,10H2,1-2H3,(H,15,16). The number of hydrogen-bond acceptors (Lipinski definition) is 6. The highest BCUT2D eigenvalue weighted by Crippen LogP contribution is 2.38. The van der Waals surface area contributed by atoms with E-state index in [1.54, 1.807) is 12.3 Å². The van der Waals surface area contributed by atoms with Gasteiger partial charge >= 0.3 is 5.97 Å². The van der Waals surface area contributed by atoms with Crippen molar-refractivity contribution in [2.24, 2.45) is 0 Å². The van der Waals surface area contributed by atoms with Crippen LogP contribution >= 0.6 is 23.1 Å². The molecule has 1 N–H and O–H groups in total. The number of nitrogens with one attached hydrogen (secondary N) is 1. The molecule has 0 aliphatic heterocycles. The molecule has 1 aliphatic carbocycles. The summed E-state index contributed by atoms with van der Waals surface area (Å²) in [6.45, 7) is 3.10. The van der Waals surface area contributed by atoms with Gasteiger partial charge in [0.15, 0.2) is 10.8 Å². The van der Waals surface area contributed by atoms with Crippen molar-refractivity contribution in [1.82, 2.24) is 4.98 Å². The van der Waals surface area contributed by atoms with E-state index in [-0.39, 0.29) is 5.97 Å². The van der Waals surface area contributed by atoms with E-state index in [1.807, 2.05) is 11.8 Å². The summed E-state index contributed by atoms with van der Waals surface area (Å²) in [7, 11) is 0. The quantitative estimate of drug-likeness (QED) is 0.809. The zero-order valence-electron chi connectivity index (χ0n) is 12.1. The molecule has 1 saturated carbocycles. The van der Waals surface area contributed by atoms with Crippen LogP contribution in [0.15, 0.2) is 5.38 Å². The number of thioether (sulfide) groups is 1. The van der Waals surface area contributed by atoms with Gasteiger partial charge in [-0.05, 0) is 26.0 Å². The second-order valence-electron chi connectivity index (χ2n) is 5.06. The summed E-state index contributed by atoms with van der Waals surface area (Å²) in [5.41, 5.74) is 0.404. The molecule has 0 amide bonds. The first kappa shape index (κ1) is 15.6. The Bertz CT molecular complexity index is 442. The largest absolute Gasteiger partial charge is 0.461 e. The Labute approximate surface area is 128 Å². The zero-order chi connectivity index (χ0) is 14.4. The average Bonchev–Trinajstić information content (AvgIpc) is 2.95. The van der Waals surface area contributed by atoms with Gasteiger partial charge in [-0.15, -0.1) is 11.3 Å². The fourth-order valence-corrected chi connectivity index (χ4v) is 4.13. The molecule has 1 heterocycles. The van der Waals surface area contributed by atoms with Gasteiger partial charge in [0, 0.05) is 16.7 Å². The van der Waals surface area contributed by atoms with E-state index in [2.05, 4.69) is 16.6 Å². The summed E-state index contributed by atoms with van der Waals surface area (Å²) in [6.07, 6.45) is 8.70. The third-order valence-corrected chi connectivity index (χ3v) is 5.97. The van der Waals surface area contributed by atoms with Crippen LogP contribution in [0.2, 0.25) is 0 Å². The molecule has 1 fully saturated rings. The number of hydrogen-bond donors (Lipinski definition) is 1. The summed E-state index contributed by atoms with van der Waals surface area (Å²) in [5.74, 6) is -0.339. The number of anilines is 1. The predicted octanol–water partition coefficient (Wildman–Crippen LogP) is 3.80. The lowest BCUT2D eigenvalue weighted by molar-refractivity contribution is 0.0520. The Morgan fingerprint density at radius 2 is 2.25 bits per heavy atom. The highest BCUT2D eigenvalue weighted by atomic mass is 32.2. The molecule has 20 heavy (non-hydrogen) atoms. The van der Waals surface area contributed by atoms with Crippen LogP contribution in [0.1, 0.15) is 49.5 Å². The summed E-state index contributed by atoms with van der Waals surface area (Å²) >= 11 is 3.43. The number of aromatic nitrogens is 1. The summed E-state index contributed by atoms with van der Waals surface area (Å²) in [4.78, 5) is 15.9. The van der Waals surface area contributed by atoms with Crippen LogP contribution in [0, 0.1) is 0 Å². The Hall–Kier alpha value is -0.750. The van der Waals surface area contributed by atoms with Gasteiger partial charge in [0.25, 0.3) is 0 Å². The monoisotopic (exact) mass is 314 g/mol. The Kier molecular flexibility index (Phi) is 5.72. The van der Waals surface area contributed by atoms with E-state index in [9.17, 15) is 4.79 Å². The van der Waals surface area contributed by atoms with Crippen molar-refractivity contribution < 1.29 is 9.53 Å². The van der Waals surface area contributed by atoms with Crippen molar-refractivity contribution in [2.45, 2.75) is 43.8 Å². The molecule has 0 aromatic carbocycles. The van der Waals surface area contributed by atoms with Crippen LogP contribution in [0.5, 0.6) is 0 Å². The molecule has 0 radical (unpaired) electrons. The maximum absolute atomic E-state index is 11.6. The number of nitrogens with zero attached hydrogens (tertiary/aromatic N) is 1. The molecule has 0 unspecified atom stereocenters. The molecule has 4 nitrogen and oxygen atoms in total. The van der Waals surface area contributed by atoms with E-state index < -0.39 is 0 Å². The SMILES string of the molecule is CCOC(=O)c1csc(NCC2(SC)CCCCC2)n1. The fraction of sp³-hybridized carbons (Fsp3) is 0.714. The second-order valence-corrected chi connectivity index (χ2v) is 7.19. The number of ether oxygens (including phenoxy) is 1. The van der Waals surface area contributed by atoms with Crippen LogP contribution in [0.4, 0.5) is 5.13 Å². The van der Waals surface area contributed by atoms with E-state index >= 15 is 0 Å². The minimum absolute atomic E-state index is 0.327. The lowest BCUT2D eigenvalue weighted by Crippen LogP contribution is -2.35. The second kappa shape index (κ2) is 7.31. The molecule has 1 aromatic heterocycles. The molecular weight excluding hydrogens is 292 g/mol. The van der Waals surface area contributed by atoms with Crippen molar-refractivity contribution in [1.29, 1.82) is 0 Å². The van der Waals surface area contributed by atoms with Crippen molar-refractivity contribution in [2.75, 3.05) is 24.7 Å². The maximum Gasteiger partial charge on any atom is 0.357 e. The molecule has 112 valence electrons. The first-order chi connectivity index (χ1) is 9.69. The molecule has 1 aromatic rings. The van der Waals surface area contributed by atoms with Crippen molar-refractivity contribution >= 4 is 34.2 Å². The number of esters is 1. The summed E-state index contributed by atoms with van der Waals surface area (Å²) in [5, 5.41) is 5.97. The Balaban J connectivity index is 1.91. The minimum atomic E-state index is -0.339. The van der Waals surface area contributed by atoms with Crippen LogP contribution < -0.4 is 5.32 Å². The molecule has 6 heteroatoms. The highest BCUT2D eigenvalue weighted by Gasteiger charge is 2.31. The fourth-order valence-electron chi connectivity index (χ4n) is 2.54. The molecule has 1 aliphatic rings. The van der Waals surface area contributed by atoms with Crippen LogP contribution in [0.25, 0.3) is 0 Å². The maximum atomic E-state index is 11.6. The number of carbonyl (C=O) groups is 1. The normalized spacial score (nSPS) is 17.7. The van der Waals surface area contributed by atoms with E-state index in [0.717, 1.165) is 11.7 Å². The van der Waals surface area contributed by atoms with Crippen molar-refractivity contribution in [3.05, 3.63) is 11.1 Å². The lowest BCUT2D eigenvalue weighted by Gasteiger charge is -2.35. The van der Waals surface area contributed by atoms with Crippen LogP contribution in [0.3, 0.4) is 0 Å².